The minimum Gasteiger partial charge on any atom is -1.00 e. The van der Waals surface area contributed by atoms with E-state index in [1.807, 2.05) is 11.4 Å². The van der Waals surface area contributed by atoms with Crippen LogP contribution in [-0.2, 0) is 0 Å². The minimum absolute atomic E-state index is 0. The van der Waals surface area contributed by atoms with E-state index in [1.54, 1.807) is 23.7 Å². The first-order valence-electron chi connectivity index (χ1n) is 2.86. The van der Waals surface area contributed by atoms with E-state index in [1.165, 1.54) is 0 Å². The molecule has 2 aromatic heterocycles. The van der Waals surface area contributed by atoms with E-state index in [9.17, 15) is 0 Å². The van der Waals surface area contributed by atoms with Crippen LogP contribution in [0.1, 0.15) is 1.43 Å². The van der Waals surface area contributed by atoms with Gasteiger partial charge in [-0.2, -0.15) is 5.10 Å². The van der Waals surface area contributed by atoms with Gasteiger partial charge in [-0.3, -0.25) is 5.10 Å². The van der Waals surface area contributed by atoms with Gasteiger partial charge < -0.3 is 1.43 Å². The van der Waals surface area contributed by atoms with Crippen LogP contribution >= 0.6 is 11.3 Å². The summed E-state index contributed by atoms with van der Waals surface area (Å²) < 4.78 is 0. The zero-order valence-corrected chi connectivity index (χ0v) is 8.93. The van der Waals surface area contributed by atoms with E-state index in [-0.39, 0.29) is 31.0 Å². The molecule has 0 aliphatic heterocycles. The Morgan fingerprint density at radius 1 is 1.45 bits per heavy atom. The summed E-state index contributed by atoms with van der Waals surface area (Å²) in [5, 5.41) is 9.58. The average molecular weight is 175 g/mol. The van der Waals surface area contributed by atoms with E-state index in [2.05, 4.69) is 15.2 Å². The van der Waals surface area contributed by atoms with Gasteiger partial charge in [-0.05, 0) is 6.07 Å². The predicted molar refractivity (Wildman–Crippen MR) is 40.8 cm³/mol. The molecule has 0 saturated carbocycles. The molecule has 0 spiro atoms. The first kappa shape index (κ1) is 8.93. The van der Waals surface area contributed by atoms with E-state index in [0.717, 1.165) is 10.7 Å². The molecule has 0 radical (unpaired) electrons. The first-order valence-corrected chi connectivity index (χ1v) is 3.74. The van der Waals surface area contributed by atoms with Gasteiger partial charge in [0.1, 0.15) is 5.01 Å². The van der Waals surface area contributed by atoms with Crippen LogP contribution in [0, 0.1) is 0 Å². The van der Waals surface area contributed by atoms with Crippen LogP contribution in [0.2, 0.25) is 0 Å². The number of nitrogens with one attached hydrogen (secondary N) is 1. The fraction of sp³-hybridized carbons (Fsp3) is 0. The number of aromatic amines is 1. The first-order chi connectivity index (χ1) is 4.97. The average Bonchev–Trinajstić information content (AvgIpc) is 2.59. The van der Waals surface area contributed by atoms with Crippen molar-refractivity contribution >= 4 is 11.3 Å². The second kappa shape index (κ2) is 4.01. The summed E-state index contributed by atoms with van der Waals surface area (Å²) in [7, 11) is 0. The molecule has 2 aromatic rings. The molecule has 0 fully saturated rings. The third-order valence-corrected chi connectivity index (χ3v) is 1.97. The Hall–Kier alpha value is -0.160. The van der Waals surface area contributed by atoms with Crippen LogP contribution < -0.4 is 29.6 Å². The molecule has 0 saturated heterocycles. The van der Waals surface area contributed by atoms with E-state index < -0.39 is 0 Å². The monoisotopic (exact) mass is 175 g/mol. The van der Waals surface area contributed by atoms with Crippen molar-refractivity contribution in [2.45, 2.75) is 0 Å². The van der Waals surface area contributed by atoms with Gasteiger partial charge in [-0.25, -0.2) is 4.98 Å². The normalized spacial score (nSPS) is 9.09. The summed E-state index contributed by atoms with van der Waals surface area (Å²) in [6.07, 6.45) is 3.50. The molecule has 0 amide bonds. The van der Waals surface area contributed by atoms with Crippen molar-refractivity contribution in [2.75, 3.05) is 0 Å². The van der Waals surface area contributed by atoms with E-state index in [4.69, 9.17) is 0 Å². The molecule has 3 nitrogen and oxygen atoms in total. The van der Waals surface area contributed by atoms with E-state index in [0.29, 0.717) is 0 Å². The summed E-state index contributed by atoms with van der Waals surface area (Å²) in [4.78, 5) is 4.11. The van der Waals surface area contributed by atoms with Gasteiger partial charge in [0.15, 0.2) is 0 Å². The molecule has 0 unspecified atom stereocenters. The number of H-pyrrole nitrogens is 1. The summed E-state index contributed by atoms with van der Waals surface area (Å²) in [5.74, 6) is 0. The predicted octanol–water partition coefficient (Wildman–Crippen LogP) is -1.35. The molecule has 0 aromatic carbocycles. The summed E-state index contributed by atoms with van der Waals surface area (Å²) in [5.41, 5.74) is 0.981. The van der Waals surface area contributed by atoms with Gasteiger partial charge in [0.2, 0.25) is 0 Å². The van der Waals surface area contributed by atoms with Crippen LogP contribution in [0.25, 0.3) is 10.7 Å². The van der Waals surface area contributed by atoms with Crippen LogP contribution in [0.3, 0.4) is 0 Å². The van der Waals surface area contributed by atoms with Crippen molar-refractivity contribution in [1.29, 1.82) is 0 Å². The Bertz CT molecular complexity index is 262. The molecule has 1 N–H and O–H groups in total. The number of rotatable bonds is 1. The summed E-state index contributed by atoms with van der Waals surface area (Å²) in [6, 6.07) is 1.90. The van der Waals surface area contributed by atoms with Gasteiger partial charge in [0.25, 0.3) is 0 Å². The molecular weight excluding hydrogens is 169 g/mol. The molecule has 0 bridgehead atoms. The summed E-state index contributed by atoms with van der Waals surface area (Å²) >= 11 is 1.60. The third-order valence-electron chi connectivity index (χ3n) is 1.16. The Kier molecular flexibility index (Phi) is 3.26. The molecule has 0 atom stereocenters. The molecule has 0 aliphatic carbocycles. The maximum atomic E-state index is 4.11. The summed E-state index contributed by atoms with van der Waals surface area (Å²) in [6.45, 7) is 0. The number of thiazole rings is 1. The third kappa shape index (κ3) is 1.90. The van der Waals surface area contributed by atoms with Gasteiger partial charge in [0, 0.05) is 17.8 Å². The minimum atomic E-state index is 0. The maximum Gasteiger partial charge on any atom is 1.00 e. The molecule has 52 valence electrons. The largest absolute Gasteiger partial charge is 1.00 e. The number of aromatic nitrogens is 3. The van der Waals surface area contributed by atoms with Gasteiger partial charge >= 0.3 is 29.6 Å². The molecule has 0 aliphatic rings. The Morgan fingerprint density at radius 2 is 2.36 bits per heavy atom. The van der Waals surface area contributed by atoms with Crippen molar-refractivity contribution < 1.29 is 31.0 Å². The second-order valence-electron chi connectivity index (χ2n) is 1.81. The van der Waals surface area contributed by atoms with Crippen molar-refractivity contribution in [2.24, 2.45) is 0 Å². The van der Waals surface area contributed by atoms with Crippen molar-refractivity contribution in [3.8, 4) is 10.7 Å². The second-order valence-corrected chi connectivity index (χ2v) is 2.70. The number of hydrogen-bond acceptors (Lipinski definition) is 3. The topological polar surface area (TPSA) is 41.6 Å². The van der Waals surface area contributed by atoms with Crippen LogP contribution in [-0.4, -0.2) is 15.2 Å². The Morgan fingerprint density at radius 3 is 2.91 bits per heavy atom. The smallest absolute Gasteiger partial charge is 1.00 e. The van der Waals surface area contributed by atoms with Crippen LogP contribution in [0.5, 0.6) is 0 Å². The van der Waals surface area contributed by atoms with Crippen molar-refractivity contribution in [3.05, 3.63) is 23.8 Å². The van der Waals surface area contributed by atoms with Crippen molar-refractivity contribution in [3.63, 3.8) is 0 Å². The Balaban J connectivity index is 0.000000605. The SMILES string of the molecule is [H-].[Na+].c1cc(-c2nccs2)[nH]n1. The molecule has 2 heterocycles. The van der Waals surface area contributed by atoms with Gasteiger partial charge in [-0.1, -0.05) is 0 Å². The van der Waals surface area contributed by atoms with Crippen LogP contribution in [0.4, 0.5) is 0 Å². The molecule has 5 heteroatoms. The standard InChI is InChI=1S/C6H5N3S.Na.H/c1-2-8-9-5(1)6-7-3-4-10-6;;/h1-4H,(H,8,9);;/q;+1;-1. The maximum absolute atomic E-state index is 4.11. The molecular formula is C6H6N3NaS. The van der Waals surface area contributed by atoms with Crippen molar-refractivity contribution in [1.82, 2.24) is 15.2 Å². The van der Waals surface area contributed by atoms with Crippen LogP contribution in [0.15, 0.2) is 23.8 Å². The van der Waals surface area contributed by atoms with Gasteiger partial charge in [0.05, 0.1) is 5.69 Å². The number of hydrogen-bond donors (Lipinski definition) is 1. The molecule has 11 heavy (non-hydrogen) atoms. The fourth-order valence-electron chi connectivity index (χ4n) is 0.731. The van der Waals surface area contributed by atoms with Gasteiger partial charge in [-0.15, -0.1) is 11.3 Å². The quantitative estimate of drug-likeness (QED) is 0.544. The fourth-order valence-corrected chi connectivity index (χ4v) is 1.34. The van der Waals surface area contributed by atoms with E-state index >= 15 is 0 Å². The molecule has 2 rings (SSSR count). The number of nitrogens with zero attached hydrogens (tertiary/aromatic N) is 2. The zero-order chi connectivity index (χ0) is 6.81. The zero-order valence-electron chi connectivity index (χ0n) is 7.11. The Labute approximate surface area is 91.6 Å².